The first-order chi connectivity index (χ1) is 14.8. The van der Waals surface area contributed by atoms with Crippen LogP contribution >= 0.6 is 11.6 Å². The van der Waals surface area contributed by atoms with Gasteiger partial charge in [0.05, 0.1) is 17.4 Å². The van der Waals surface area contributed by atoms with Gasteiger partial charge in [-0.1, -0.05) is 37.6 Å². The predicted octanol–water partition coefficient (Wildman–Crippen LogP) is 4.48. The van der Waals surface area contributed by atoms with E-state index in [2.05, 4.69) is 18.9 Å². The average molecular weight is 437 g/mol. The summed E-state index contributed by atoms with van der Waals surface area (Å²) in [6.45, 7) is 4.16. The Morgan fingerprint density at radius 3 is 2.48 bits per heavy atom. The molecule has 160 valence electrons. The monoisotopic (exact) mass is 436 g/mol. The second-order valence-electron chi connectivity index (χ2n) is 8.02. The molecule has 2 unspecified atom stereocenters. The summed E-state index contributed by atoms with van der Waals surface area (Å²) in [7, 11) is 1.72. The largest absolute Gasteiger partial charge is 0.484 e. The first-order valence-electron chi connectivity index (χ1n) is 10.2. The van der Waals surface area contributed by atoms with Crippen molar-refractivity contribution in [2.75, 3.05) is 0 Å². The van der Waals surface area contributed by atoms with Gasteiger partial charge in [-0.25, -0.2) is 4.68 Å². The standard InChI is InChI=1S/C24H25ClN4O2/c1-15(2)23(26)24(16-4-6-18(25)7-5-16)31-20-9-10-21-17(12-20)13-27-29(21)19-8-11-22(30)28(3)14-19/h4-15,23-24H,26H2,1-3H3. The number of hydrogen-bond acceptors (Lipinski definition) is 4. The molecule has 2 aromatic carbocycles. The molecule has 0 amide bonds. The van der Waals surface area contributed by atoms with Crippen molar-refractivity contribution in [2.24, 2.45) is 18.7 Å². The maximum atomic E-state index is 11.7. The van der Waals surface area contributed by atoms with E-state index < -0.39 is 0 Å². The quantitative estimate of drug-likeness (QED) is 0.483. The number of halogens is 1. The van der Waals surface area contributed by atoms with Crippen LogP contribution in [-0.2, 0) is 7.05 Å². The Balaban J connectivity index is 1.67. The van der Waals surface area contributed by atoms with Crippen LogP contribution in [0.25, 0.3) is 16.6 Å². The number of pyridine rings is 1. The van der Waals surface area contributed by atoms with Crippen LogP contribution in [0.5, 0.6) is 5.75 Å². The van der Waals surface area contributed by atoms with Gasteiger partial charge in [0, 0.05) is 35.8 Å². The number of rotatable bonds is 6. The predicted molar refractivity (Wildman–Crippen MR) is 124 cm³/mol. The molecule has 0 radical (unpaired) electrons. The van der Waals surface area contributed by atoms with Crippen LogP contribution in [0.15, 0.2) is 71.8 Å². The van der Waals surface area contributed by atoms with Gasteiger partial charge in [-0.2, -0.15) is 5.10 Å². The molecule has 4 rings (SSSR count). The molecule has 0 aliphatic heterocycles. The van der Waals surface area contributed by atoms with E-state index in [0.29, 0.717) is 10.8 Å². The number of benzene rings is 2. The van der Waals surface area contributed by atoms with Crippen molar-refractivity contribution in [2.45, 2.75) is 26.0 Å². The Labute approximate surface area is 185 Å². The summed E-state index contributed by atoms with van der Waals surface area (Å²) in [5.41, 5.74) is 9.14. The van der Waals surface area contributed by atoms with Crippen molar-refractivity contribution in [3.05, 3.63) is 87.9 Å². The first-order valence-corrected chi connectivity index (χ1v) is 10.5. The van der Waals surface area contributed by atoms with Crippen LogP contribution in [0.1, 0.15) is 25.5 Å². The fraction of sp³-hybridized carbons (Fsp3) is 0.250. The van der Waals surface area contributed by atoms with Crippen molar-refractivity contribution in [3.63, 3.8) is 0 Å². The number of aromatic nitrogens is 3. The van der Waals surface area contributed by atoms with Crippen LogP contribution < -0.4 is 16.0 Å². The number of nitrogens with zero attached hydrogens (tertiary/aromatic N) is 3. The van der Waals surface area contributed by atoms with Crippen LogP contribution in [0.2, 0.25) is 5.02 Å². The fourth-order valence-electron chi connectivity index (χ4n) is 3.51. The van der Waals surface area contributed by atoms with Crippen molar-refractivity contribution in [3.8, 4) is 11.4 Å². The molecule has 6 nitrogen and oxygen atoms in total. The normalized spacial score (nSPS) is 13.5. The smallest absolute Gasteiger partial charge is 0.250 e. The highest BCUT2D eigenvalue weighted by Crippen LogP contribution is 2.30. The van der Waals surface area contributed by atoms with E-state index in [4.69, 9.17) is 22.1 Å². The van der Waals surface area contributed by atoms with Crippen LogP contribution in [0, 0.1) is 5.92 Å². The Morgan fingerprint density at radius 1 is 1.06 bits per heavy atom. The van der Waals surface area contributed by atoms with Gasteiger partial charge >= 0.3 is 0 Å². The molecule has 2 heterocycles. The highest BCUT2D eigenvalue weighted by atomic mass is 35.5. The molecule has 2 aromatic heterocycles. The zero-order valence-electron chi connectivity index (χ0n) is 17.7. The highest BCUT2D eigenvalue weighted by Gasteiger charge is 2.25. The summed E-state index contributed by atoms with van der Waals surface area (Å²) in [4.78, 5) is 11.7. The Kier molecular flexibility index (Phi) is 5.85. The molecule has 0 fully saturated rings. The summed E-state index contributed by atoms with van der Waals surface area (Å²) in [6, 6.07) is 16.5. The SMILES string of the molecule is CC(C)C(N)C(Oc1ccc2c(cnn2-c2ccc(=O)n(C)c2)c1)c1ccc(Cl)cc1. The van der Waals surface area contributed by atoms with Gasteiger partial charge in [0.15, 0.2) is 0 Å². The Hall–Kier alpha value is -3.09. The van der Waals surface area contributed by atoms with Gasteiger partial charge in [-0.15, -0.1) is 0 Å². The molecule has 0 saturated heterocycles. The molecule has 0 aliphatic carbocycles. The van der Waals surface area contributed by atoms with Crippen LogP contribution in [-0.4, -0.2) is 20.4 Å². The van der Waals surface area contributed by atoms with Gasteiger partial charge < -0.3 is 15.0 Å². The lowest BCUT2D eigenvalue weighted by atomic mass is 9.94. The van der Waals surface area contributed by atoms with Crippen molar-refractivity contribution in [1.82, 2.24) is 14.3 Å². The third-order valence-electron chi connectivity index (χ3n) is 5.44. The molecular weight excluding hydrogens is 412 g/mol. The molecular formula is C24H25ClN4O2. The number of hydrogen-bond donors (Lipinski definition) is 1. The first kappa shape index (κ1) is 21.2. The lowest BCUT2D eigenvalue weighted by Crippen LogP contribution is -2.36. The highest BCUT2D eigenvalue weighted by molar-refractivity contribution is 6.30. The molecule has 0 saturated carbocycles. The minimum Gasteiger partial charge on any atom is -0.484 e. The molecule has 7 heteroatoms. The maximum Gasteiger partial charge on any atom is 0.250 e. The second kappa shape index (κ2) is 8.57. The van der Waals surface area contributed by atoms with Gasteiger partial charge in [0.1, 0.15) is 11.9 Å². The number of ether oxygens (including phenoxy) is 1. The molecule has 31 heavy (non-hydrogen) atoms. The van der Waals surface area contributed by atoms with Gasteiger partial charge in [0.25, 0.3) is 0 Å². The average Bonchev–Trinajstić information content (AvgIpc) is 3.17. The number of aryl methyl sites for hydroxylation is 1. The fourth-order valence-corrected chi connectivity index (χ4v) is 3.64. The summed E-state index contributed by atoms with van der Waals surface area (Å²) in [6.07, 6.45) is 3.23. The second-order valence-corrected chi connectivity index (χ2v) is 8.46. The van der Waals surface area contributed by atoms with Crippen molar-refractivity contribution < 1.29 is 4.74 Å². The number of fused-ring (bicyclic) bond motifs is 1. The summed E-state index contributed by atoms with van der Waals surface area (Å²) in [5, 5.41) is 6.10. The zero-order chi connectivity index (χ0) is 22.1. The van der Waals surface area contributed by atoms with Gasteiger partial charge in [0.2, 0.25) is 5.56 Å². The number of nitrogens with two attached hydrogens (primary N) is 1. The molecule has 2 atom stereocenters. The molecule has 2 N–H and O–H groups in total. The van der Waals surface area contributed by atoms with Gasteiger partial charge in [-0.05, 0) is 47.9 Å². The van der Waals surface area contributed by atoms with E-state index in [9.17, 15) is 4.79 Å². The topological polar surface area (TPSA) is 75.1 Å². The van der Waals surface area contributed by atoms with E-state index in [1.165, 1.54) is 10.6 Å². The third-order valence-corrected chi connectivity index (χ3v) is 5.69. The summed E-state index contributed by atoms with van der Waals surface area (Å²) in [5.74, 6) is 0.945. The summed E-state index contributed by atoms with van der Waals surface area (Å²) < 4.78 is 9.70. The molecule has 0 bridgehead atoms. The Morgan fingerprint density at radius 2 is 1.81 bits per heavy atom. The lowest BCUT2D eigenvalue weighted by Gasteiger charge is -2.28. The van der Waals surface area contributed by atoms with Crippen LogP contribution in [0.3, 0.4) is 0 Å². The minimum atomic E-state index is -0.312. The summed E-state index contributed by atoms with van der Waals surface area (Å²) >= 11 is 6.06. The molecule has 0 aliphatic rings. The zero-order valence-corrected chi connectivity index (χ0v) is 18.5. The minimum absolute atomic E-state index is 0.0642. The Bertz CT molecular complexity index is 1260. The maximum absolute atomic E-state index is 11.7. The van der Waals surface area contributed by atoms with E-state index in [1.807, 2.05) is 42.5 Å². The van der Waals surface area contributed by atoms with E-state index >= 15 is 0 Å². The lowest BCUT2D eigenvalue weighted by molar-refractivity contribution is 0.151. The van der Waals surface area contributed by atoms with Crippen molar-refractivity contribution >= 4 is 22.5 Å². The van der Waals surface area contributed by atoms with Crippen molar-refractivity contribution in [1.29, 1.82) is 0 Å². The van der Waals surface area contributed by atoms with Crippen LogP contribution in [0.4, 0.5) is 0 Å². The van der Waals surface area contributed by atoms with E-state index in [-0.39, 0.29) is 23.6 Å². The molecule has 0 spiro atoms. The van der Waals surface area contributed by atoms with E-state index in [1.54, 1.807) is 30.2 Å². The third kappa shape index (κ3) is 4.36. The molecule has 4 aromatic rings. The van der Waals surface area contributed by atoms with E-state index in [0.717, 1.165) is 22.2 Å². The van der Waals surface area contributed by atoms with Gasteiger partial charge in [-0.3, -0.25) is 4.79 Å².